The van der Waals surface area contributed by atoms with Gasteiger partial charge in [0, 0.05) is 6.20 Å². The van der Waals surface area contributed by atoms with E-state index in [4.69, 9.17) is 14.2 Å². The van der Waals surface area contributed by atoms with Gasteiger partial charge in [0.25, 0.3) is 0 Å². The van der Waals surface area contributed by atoms with Crippen molar-refractivity contribution in [1.29, 1.82) is 0 Å². The van der Waals surface area contributed by atoms with E-state index >= 15 is 0 Å². The Bertz CT molecular complexity index is 470. The SMILES string of the molecule is O=P(O)(O)c1ccoc1-c1ccn[nH]1. The first-order valence-corrected chi connectivity index (χ1v) is 5.33. The van der Waals surface area contributed by atoms with Gasteiger partial charge in [-0.25, -0.2) is 0 Å². The minimum absolute atomic E-state index is 0.121. The van der Waals surface area contributed by atoms with Crippen LogP contribution in [0.4, 0.5) is 0 Å². The molecule has 0 radical (unpaired) electrons. The summed E-state index contributed by atoms with van der Waals surface area (Å²) in [6.45, 7) is 0. The highest BCUT2D eigenvalue weighted by molar-refractivity contribution is 7.60. The van der Waals surface area contributed by atoms with Gasteiger partial charge in [-0.1, -0.05) is 0 Å². The predicted octanol–water partition coefficient (Wildman–Crippen LogP) is 0.473. The summed E-state index contributed by atoms with van der Waals surface area (Å²) in [5.74, 6) is 0.121. The van der Waals surface area contributed by atoms with Crippen LogP contribution in [0.3, 0.4) is 0 Å². The summed E-state index contributed by atoms with van der Waals surface area (Å²) in [6, 6.07) is 2.81. The van der Waals surface area contributed by atoms with E-state index in [9.17, 15) is 4.57 Å². The molecular weight excluding hydrogens is 207 g/mol. The number of rotatable bonds is 2. The molecule has 7 heteroatoms. The number of H-pyrrole nitrogens is 1. The maximum atomic E-state index is 11.0. The van der Waals surface area contributed by atoms with Crippen molar-refractivity contribution in [2.24, 2.45) is 0 Å². The van der Waals surface area contributed by atoms with Crippen LogP contribution in [0.5, 0.6) is 0 Å². The molecule has 0 unspecified atom stereocenters. The van der Waals surface area contributed by atoms with E-state index in [1.165, 1.54) is 18.5 Å². The average molecular weight is 214 g/mol. The van der Waals surface area contributed by atoms with Crippen LogP contribution >= 0.6 is 7.60 Å². The summed E-state index contributed by atoms with van der Waals surface area (Å²) in [7, 11) is -4.29. The van der Waals surface area contributed by atoms with E-state index < -0.39 is 7.60 Å². The maximum absolute atomic E-state index is 11.0. The van der Waals surface area contributed by atoms with Crippen molar-refractivity contribution in [3.8, 4) is 11.5 Å². The molecule has 2 aromatic heterocycles. The molecule has 2 aromatic rings. The van der Waals surface area contributed by atoms with Gasteiger partial charge in [0.15, 0.2) is 5.76 Å². The lowest BCUT2D eigenvalue weighted by atomic mass is 10.3. The zero-order valence-corrected chi connectivity index (χ0v) is 7.81. The predicted molar refractivity (Wildman–Crippen MR) is 48.0 cm³/mol. The number of nitrogens with one attached hydrogen (secondary N) is 1. The molecule has 0 spiro atoms. The molecule has 0 aliphatic heterocycles. The van der Waals surface area contributed by atoms with Crippen molar-refractivity contribution in [3.05, 3.63) is 24.6 Å². The average Bonchev–Trinajstić information content (AvgIpc) is 2.73. The highest BCUT2D eigenvalue weighted by Gasteiger charge is 2.25. The Morgan fingerprint density at radius 1 is 1.43 bits per heavy atom. The Balaban J connectivity index is 2.56. The fourth-order valence-electron chi connectivity index (χ4n) is 1.12. The first-order chi connectivity index (χ1) is 6.59. The van der Waals surface area contributed by atoms with Gasteiger partial charge >= 0.3 is 7.60 Å². The third kappa shape index (κ3) is 1.50. The Kier molecular flexibility index (Phi) is 2.03. The molecule has 0 saturated carbocycles. The van der Waals surface area contributed by atoms with Gasteiger partial charge in [-0.15, -0.1) is 0 Å². The Hall–Kier alpha value is -1.36. The summed E-state index contributed by atoms with van der Waals surface area (Å²) in [5.41, 5.74) is 0.438. The second kappa shape index (κ2) is 3.09. The van der Waals surface area contributed by atoms with Crippen molar-refractivity contribution >= 4 is 12.9 Å². The van der Waals surface area contributed by atoms with Crippen LogP contribution in [-0.2, 0) is 4.57 Å². The van der Waals surface area contributed by atoms with Crippen molar-refractivity contribution in [2.45, 2.75) is 0 Å². The highest BCUT2D eigenvalue weighted by Crippen LogP contribution is 2.37. The third-order valence-corrected chi connectivity index (χ3v) is 2.68. The molecule has 0 aliphatic carbocycles. The van der Waals surface area contributed by atoms with Crippen LogP contribution in [0, 0.1) is 0 Å². The quantitative estimate of drug-likeness (QED) is 0.631. The second-order valence-corrected chi connectivity index (χ2v) is 4.22. The summed E-state index contributed by atoms with van der Waals surface area (Å²) in [4.78, 5) is 17.9. The molecule has 0 saturated heterocycles. The number of furan rings is 1. The van der Waals surface area contributed by atoms with Crippen molar-refractivity contribution in [2.75, 3.05) is 0 Å². The van der Waals surface area contributed by atoms with Crippen molar-refractivity contribution < 1.29 is 18.8 Å². The van der Waals surface area contributed by atoms with Crippen LogP contribution in [0.1, 0.15) is 0 Å². The van der Waals surface area contributed by atoms with Crippen LogP contribution in [-0.4, -0.2) is 20.0 Å². The molecule has 0 bridgehead atoms. The van der Waals surface area contributed by atoms with Gasteiger partial charge in [0.1, 0.15) is 11.0 Å². The van der Waals surface area contributed by atoms with Crippen molar-refractivity contribution in [1.82, 2.24) is 10.2 Å². The largest absolute Gasteiger partial charge is 0.462 e. The topological polar surface area (TPSA) is 99.3 Å². The van der Waals surface area contributed by atoms with E-state index in [2.05, 4.69) is 10.2 Å². The first-order valence-electron chi connectivity index (χ1n) is 3.72. The molecule has 0 fully saturated rings. The molecule has 0 aliphatic rings. The standard InChI is InChI=1S/C7H7N2O4P/c10-14(11,12)6-2-4-13-7(6)5-1-3-8-9-5/h1-4H,(H,8,9)(H2,10,11,12). The van der Waals surface area contributed by atoms with E-state index in [1.807, 2.05) is 0 Å². The number of hydrogen-bond acceptors (Lipinski definition) is 3. The van der Waals surface area contributed by atoms with Gasteiger partial charge in [-0.2, -0.15) is 5.10 Å². The van der Waals surface area contributed by atoms with Crippen LogP contribution in [0.15, 0.2) is 29.0 Å². The van der Waals surface area contributed by atoms with Crippen molar-refractivity contribution in [3.63, 3.8) is 0 Å². The number of hydrogen-bond donors (Lipinski definition) is 3. The number of aromatic amines is 1. The lowest BCUT2D eigenvalue weighted by Crippen LogP contribution is -2.03. The minimum atomic E-state index is -4.29. The lowest BCUT2D eigenvalue weighted by molar-refractivity contribution is 0.387. The molecule has 0 amide bonds. The molecule has 3 N–H and O–H groups in total. The molecule has 74 valence electrons. The fourth-order valence-corrected chi connectivity index (χ4v) is 1.81. The third-order valence-electron chi connectivity index (χ3n) is 1.70. The minimum Gasteiger partial charge on any atom is -0.462 e. The summed E-state index contributed by atoms with van der Waals surface area (Å²) < 4.78 is 16.0. The Morgan fingerprint density at radius 2 is 2.21 bits per heavy atom. The van der Waals surface area contributed by atoms with Gasteiger partial charge in [-0.3, -0.25) is 9.66 Å². The molecule has 14 heavy (non-hydrogen) atoms. The molecule has 0 atom stereocenters. The van der Waals surface area contributed by atoms with E-state index in [0.717, 1.165) is 0 Å². The zero-order valence-electron chi connectivity index (χ0n) is 6.91. The monoisotopic (exact) mass is 214 g/mol. The molecule has 2 heterocycles. The van der Waals surface area contributed by atoms with Gasteiger partial charge in [0.05, 0.1) is 6.26 Å². The maximum Gasteiger partial charge on any atom is 0.360 e. The Morgan fingerprint density at radius 3 is 2.79 bits per heavy atom. The van der Waals surface area contributed by atoms with E-state index in [0.29, 0.717) is 5.69 Å². The second-order valence-electron chi connectivity index (χ2n) is 2.65. The highest BCUT2D eigenvalue weighted by atomic mass is 31.2. The van der Waals surface area contributed by atoms with E-state index in [1.54, 1.807) is 6.07 Å². The van der Waals surface area contributed by atoms with E-state index in [-0.39, 0.29) is 11.1 Å². The van der Waals surface area contributed by atoms with Gasteiger partial charge < -0.3 is 14.2 Å². The van der Waals surface area contributed by atoms with Crippen LogP contribution in [0.2, 0.25) is 0 Å². The Labute approximate surface area is 78.7 Å². The number of nitrogens with zero attached hydrogens (tertiary/aromatic N) is 1. The molecule has 0 aromatic carbocycles. The molecule has 2 rings (SSSR count). The van der Waals surface area contributed by atoms with Crippen LogP contribution in [0.25, 0.3) is 11.5 Å². The summed E-state index contributed by atoms with van der Waals surface area (Å²) in [5, 5.41) is 6.09. The first kappa shape index (κ1) is 9.21. The number of aromatic nitrogens is 2. The fraction of sp³-hybridized carbons (Fsp3) is 0. The van der Waals surface area contributed by atoms with Gasteiger partial charge in [-0.05, 0) is 12.1 Å². The lowest BCUT2D eigenvalue weighted by Gasteiger charge is -2.01. The molecule has 6 nitrogen and oxygen atoms in total. The van der Waals surface area contributed by atoms with Crippen LogP contribution < -0.4 is 5.30 Å². The summed E-state index contributed by atoms with van der Waals surface area (Å²) >= 11 is 0. The zero-order chi connectivity index (χ0) is 10.2. The normalized spacial score (nSPS) is 11.9. The smallest absolute Gasteiger partial charge is 0.360 e. The summed E-state index contributed by atoms with van der Waals surface area (Å²) in [6.07, 6.45) is 2.70. The molecular formula is C7H7N2O4P. The van der Waals surface area contributed by atoms with Gasteiger partial charge in [0.2, 0.25) is 0 Å².